The second kappa shape index (κ2) is 4.49. The number of hydrogen-bond donors (Lipinski definition) is 2. The molecule has 1 fully saturated rings. The third-order valence-electron chi connectivity index (χ3n) is 3.81. The second-order valence-corrected chi connectivity index (χ2v) is 4.99. The molecular weight excluding hydrogens is 212 g/mol. The third-order valence-corrected chi connectivity index (χ3v) is 3.81. The number of carbonyl (C=O) groups is 1. The van der Waals surface area contributed by atoms with Crippen LogP contribution in [0.15, 0.2) is 18.2 Å². The van der Waals surface area contributed by atoms with Crippen molar-refractivity contribution in [2.24, 2.45) is 5.92 Å². The zero-order chi connectivity index (χ0) is 11.7. The van der Waals surface area contributed by atoms with Gasteiger partial charge in [-0.25, -0.2) is 0 Å². The summed E-state index contributed by atoms with van der Waals surface area (Å²) in [6.45, 7) is 1.64. The molecule has 0 spiro atoms. The Bertz CT molecular complexity index is 438. The third kappa shape index (κ3) is 2.07. The molecule has 1 aromatic carbocycles. The van der Waals surface area contributed by atoms with Crippen molar-refractivity contribution >= 4 is 11.6 Å². The van der Waals surface area contributed by atoms with Crippen molar-refractivity contribution in [3.05, 3.63) is 29.3 Å². The minimum Gasteiger partial charge on any atom is -0.326 e. The van der Waals surface area contributed by atoms with E-state index in [2.05, 4.69) is 22.8 Å². The van der Waals surface area contributed by atoms with Crippen molar-refractivity contribution in [2.75, 3.05) is 18.4 Å². The molecule has 0 radical (unpaired) electrons. The number of hydrogen-bond acceptors (Lipinski definition) is 2. The molecule has 3 nitrogen and oxygen atoms in total. The monoisotopic (exact) mass is 230 g/mol. The first kappa shape index (κ1) is 10.8. The van der Waals surface area contributed by atoms with E-state index in [9.17, 15) is 4.79 Å². The maximum atomic E-state index is 11.9. The fourth-order valence-electron chi connectivity index (χ4n) is 2.61. The summed E-state index contributed by atoms with van der Waals surface area (Å²) >= 11 is 0. The van der Waals surface area contributed by atoms with Crippen LogP contribution in [0.25, 0.3) is 0 Å². The molecule has 0 atom stereocenters. The van der Waals surface area contributed by atoms with E-state index in [0.717, 1.165) is 31.6 Å². The Morgan fingerprint density at radius 2 is 2.06 bits per heavy atom. The zero-order valence-corrected chi connectivity index (χ0v) is 9.96. The fourth-order valence-corrected chi connectivity index (χ4v) is 2.61. The molecule has 1 aliphatic heterocycles. The molecule has 0 unspecified atom stereocenters. The van der Waals surface area contributed by atoms with Gasteiger partial charge in [-0.05, 0) is 42.9 Å². The number of rotatable bonds is 2. The lowest BCUT2D eigenvalue weighted by Crippen LogP contribution is -2.48. The molecule has 0 aromatic heterocycles. The molecule has 3 rings (SSSR count). The number of anilines is 1. The van der Waals surface area contributed by atoms with E-state index in [-0.39, 0.29) is 11.8 Å². The van der Waals surface area contributed by atoms with Crippen LogP contribution in [0.5, 0.6) is 0 Å². The lowest BCUT2D eigenvalue weighted by Gasteiger charge is -2.27. The van der Waals surface area contributed by atoms with Crippen molar-refractivity contribution in [3.63, 3.8) is 0 Å². The van der Waals surface area contributed by atoms with Crippen LogP contribution in [0.4, 0.5) is 5.69 Å². The summed E-state index contributed by atoms with van der Waals surface area (Å²) in [5.74, 6) is 0.331. The summed E-state index contributed by atoms with van der Waals surface area (Å²) in [4.78, 5) is 11.9. The first-order valence-electron chi connectivity index (χ1n) is 6.47. The highest BCUT2D eigenvalue weighted by Crippen LogP contribution is 2.28. The average molecular weight is 230 g/mol. The minimum atomic E-state index is 0.162. The predicted molar refractivity (Wildman–Crippen MR) is 68.1 cm³/mol. The Hall–Kier alpha value is -1.35. The normalized spacial score (nSPS) is 19.3. The van der Waals surface area contributed by atoms with Crippen molar-refractivity contribution in [2.45, 2.75) is 25.7 Å². The van der Waals surface area contributed by atoms with E-state index < -0.39 is 0 Å². The van der Waals surface area contributed by atoms with E-state index >= 15 is 0 Å². The van der Waals surface area contributed by atoms with Crippen LogP contribution in [-0.2, 0) is 17.6 Å². The molecule has 2 aliphatic rings. The molecule has 3 heteroatoms. The quantitative estimate of drug-likeness (QED) is 0.812. The van der Waals surface area contributed by atoms with Gasteiger partial charge in [-0.15, -0.1) is 0 Å². The van der Waals surface area contributed by atoms with Crippen LogP contribution in [0.1, 0.15) is 24.0 Å². The Labute approximate surface area is 102 Å². The van der Waals surface area contributed by atoms with Crippen LogP contribution in [0.3, 0.4) is 0 Å². The molecule has 1 heterocycles. The number of amides is 1. The highest BCUT2D eigenvalue weighted by molar-refractivity contribution is 5.94. The number of fused-ring (bicyclic) bond motifs is 1. The first-order valence-corrected chi connectivity index (χ1v) is 6.47. The molecule has 1 amide bonds. The first-order chi connectivity index (χ1) is 8.34. The largest absolute Gasteiger partial charge is 0.326 e. The van der Waals surface area contributed by atoms with Gasteiger partial charge in [0.25, 0.3) is 0 Å². The lowest BCUT2D eigenvalue weighted by atomic mass is 9.90. The summed E-state index contributed by atoms with van der Waals surface area (Å²) in [5, 5.41) is 6.22. The predicted octanol–water partition coefficient (Wildman–Crippen LogP) is 1.72. The highest BCUT2D eigenvalue weighted by atomic mass is 16.2. The molecule has 17 heavy (non-hydrogen) atoms. The van der Waals surface area contributed by atoms with Gasteiger partial charge in [-0.3, -0.25) is 4.79 Å². The van der Waals surface area contributed by atoms with E-state index in [4.69, 9.17) is 0 Å². The van der Waals surface area contributed by atoms with E-state index in [0.29, 0.717) is 0 Å². The smallest absolute Gasteiger partial charge is 0.230 e. The van der Waals surface area contributed by atoms with Gasteiger partial charge in [0.1, 0.15) is 0 Å². The van der Waals surface area contributed by atoms with E-state index in [1.54, 1.807) is 0 Å². The minimum absolute atomic E-state index is 0.162. The number of benzene rings is 1. The molecule has 2 N–H and O–H groups in total. The summed E-state index contributed by atoms with van der Waals surface area (Å²) in [6, 6.07) is 6.28. The summed E-state index contributed by atoms with van der Waals surface area (Å²) < 4.78 is 0. The van der Waals surface area contributed by atoms with Crippen molar-refractivity contribution in [3.8, 4) is 0 Å². The Morgan fingerprint density at radius 3 is 2.82 bits per heavy atom. The Balaban J connectivity index is 1.80. The van der Waals surface area contributed by atoms with Crippen LogP contribution in [-0.4, -0.2) is 19.0 Å². The van der Waals surface area contributed by atoms with Gasteiger partial charge < -0.3 is 10.6 Å². The van der Waals surface area contributed by atoms with Crippen molar-refractivity contribution < 1.29 is 4.79 Å². The van der Waals surface area contributed by atoms with Gasteiger partial charge in [0, 0.05) is 18.8 Å². The van der Waals surface area contributed by atoms with Crippen LogP contribution in [0, 0.1) is 5.92 Å². The fraction of sp³-hybridized carbons (Fsp3) is 0.500. The average Bonchev–Trinajstić information content (AvgIpc) is 2.27. The maximum absolute atomic E-state index is 11.9. The zero-order valence-electron chi connectivity index (χ0n) is 9.96. The maximum Gasteiger partial charge on any atom is 0.230 e. The lowest BCUT2D eigenvalue weighted by molar-refractivity contribution is -0.121. The van der Waals surface area contributed by atoms with Gasteiger partial charge in [0.05, 0.1) is 5.92 Å². The summed E-state index contributed by atoms with van der Waals surface area (Å²) in [5.41, 5.74) is 3.82. The van der Waals surface area contributed by atoms with Crippen LogP contribution in [0.2, 0.25) is 0 Å². The van der Waals surface area contributed by atoms with E-state index in [1.165, 1.54) is 24.0 Å². The van der Waals surface area contributed by atoms with Crippen molar-refractivity contribution in [1.29, 1.82) is 0 Å². The number of carbonyl (C=O) groups excluding carboxylic acids is 1. The second-order valence-electron chi connectivity index (χ2n) is 4.99. The van der Waals surface area contributed by atoms with Gasteiger partial charge >= 0.3 is 0 Å². The van der Waals surface area contributed by atoms with E-state index in [1.807, 2.05) is 6.07 Å². The van der Waals surface area contributed by atoms with Crippen molar-refractivity contribution in [1.82, 2.24) is 5.32 Å². The topological polar surface area (TPSA) is 41.1 Å². The van der Waals surface area contributed by atoms with Crippen LogP contribution >= 0.6 is 0 Å². The van der Waals surface area contributed by atoms with Gasteiger partial charge in [0.2, 0.25) is 5.91 Å². The molecule has 0 saturated carbocycles. The Kier molecular flexibility index (Phi) is 2.85. The molecule has 0 bridgehead atoms. The van der Waals surface area contributed by atoms with Gasteiger partial charge in [-0.2, -0.15) is 0 Å². The summed E-state index contributed by atoms with van der Waals surface area (Å²) in [6.07, 6.45) is 4.78. The molecule has 1 aromatic rings. The van der Waals surface area contributed by atoms with Gasteiger partial charge in [-0.1, -0.05) is 12.1 Å². The highest BCUT2D eigenvalue weighted by Gasteiger charge is 2.25. The molecular formula is C14H18N2O. The van der Waals surface area contributed by atoms with Gasteiger partial charge in [0.15, 0.2) is 0 Å². The number of nitrogens with one attached hydrogen (secondary N) is 2. The standard InChI is InChI=1S/C14H18N2O/c17-14(11-8-15-9-11)16-13-7-3-5-10-4-1-2-6-12(10)13/h3,5,7,11,15H,1-2,4,6,8-9H2,(H,16,17). The molecule has 90 valence electrons. The summed E-state index contributed by atoms with van der Waals surface area (Å²) in [7, 11) is 0. The Morgan fingerprint density at radius 1 is 1.24 bits per heavy atom. The molecule has 1 saturated heterocycles. The number of aryl methyl sites for hydroxylation is 1. The van der Waals surface area contributed by atoms with Crippen LogP contribution < -0.4 is 10.6 Å². The SMILES string of the molecule is O=C(Nc1cccc2c1CCCC2)C1CNC1. The molecule has 1 aliphatic carbocycles.